The second kappa shape index (κ2) is 14.5. The highest BCUT2D eigenvalue weighted by atomic mass is 19.4. The second-order valence-corrected chi connectivity index (χ2v) is 12.3. The molecule has 2 aromatic rings. The summed E-state index contributed by atoms with van der Waals surface area (Å²) in [5, 5.41) is 0. The van der Waals surface area contributed by atoms with E-state index in [1.165, 1.54) is 0 Å². The van der Waals surface area contributed by atoms with Crippen LogP contribution in [0.1, 0.15) is 95.1 Å². The number of aryl methyl sites for hydroxylation is 2. The van der Waals surface area contributed by atoms with Crippen LogP contribution in [0, 0.1) is 41.1 Å². The lowest BCUT2D eigenvalue weighted by molar-refractivity contribution is -0.276. The lowest BCUT2D eigenvalue weighted by atomic mass is 9.74. The average Bonchev–Trinajstić information content (AvgIpc) is 2.94. The molecule has 0 aliphatic heterocycles. The predicted octanol–water partition coefficient (Wildman–Crippen LogP) is 11.0. The molecule has 0 N–H and O–H groups in total. The number of hydrogen-bond donors (Lipinski definition) is 0. The normalized spacial score (nSPS) is 23.3. The standard InChI is InChI=1S/C33H40F8O2/c1-2-3-24-11-15-25(28(34)18-24)14-10-22-7-4-21(5-8-22)6-9-23-12-16-26(17-13-23)32(37,38)42-27-19-29(35)31(30(36)20-27)43-33(39,40)41/h11,15,18-23,26H,2-10,12-14,16-17H2,1H3. The zero-order valence-electron chi connectivity index (χ0n) is 24.4. The Morgan fingerprint density at radius 1 is 0.651 bits per heavy atom. The first-order valence-corrected chi connectivity index (χ1v) is 15.4. The number of ether oxygens (including phenoxy) is 2. The highest BCUT2D eigenvalue weighted by molar-refractivity contribution is 5.35. The number of rotatable bonds is 12. The van der Waals surface area contributed by atoms with Crippen molar-refractivity contribution in [2.45, 2.75) is 109 Å². The highest BCUT2D eigenvalue weighted by Gasteiger charge is 2.44. The molecule has 0 amide bonds. The Balaban J connectivity index is 1.16. The summed E-state index contributed by atoms with van der Waals surface area (Å²) in [6.07, 6.45) is 2.61. The number of hydrogen-bond acceptors (Lipinski definition) is 2. The Labute approximate surface area is 248 Å². The molecule has 0 aromatic heterocycles. The van der Waals surface area contributed by atoms with Crippen molar-refractivity contribution in [3.8, 4) is 11.5 Å². The highest BCUT2D eigenvalue weighted by Crippen LogP contribution is 2.43. The summed E-state index contributed by atoms with van der Waals surface area (Å²) in [5.41, 5.74) is 1.83. The summed E-state index contributed by atoms with van der Waals surface area (Å²) in [5.74, 6) is -5.94. The summed E-state index contributed by atoms with van der Waals surface area (Å²) in [4.78, 5) is 0. The van der Waals surface area contributed by atoms with E-state index in [1.807, 2.05) is 12.1 Å². The third-order valence-electron chi connectivity index (χ3n) is 9.19. The monoisotopic (exact) mass is 620 g/mol. The van der Waals surface area contributed by atoms with E-state index in [2.05, 4.69) is 16.4 Å². The molecule has 2 nitrogen and oxygen atoms in total. The van der Waals surface area contributed by atoms with E-state index in [-0.39, 0.29) is 30.8 Å². The maximum atomic E-state index is 14.8. The van der Waals surface area contributed by atoms with Crippen molar-refractivity contribution in [1.29, 1.82) is 0 Å². The van der Waals surface area contributed by atoms with Gasteiger partial charge in [0.15, 0.2) is 11.6 Å². The second-order valence-electron chi connectivity index (χ2n) is 12.3. The quantitative estimate of drug-likeness (QED) is 0.220. The SMILES string of the molecule is CCCc1ccc(CCC2CCC(CCC3CCC(C(F)(F)Oc4cc(F)c(OC(F)(F)F)c(F)c4)CC3)CC2)c(F)c1. The van der Waals surface area contributed by atoms with E-state index >= 15 is 0 Å². The van der Waals surface area contributed by atoms with Crippen molar-refractivity contribution in [3.63, 3.8) is 0 Å². The number of alkyl halides is 5. The van der Waals surface area contributed by atoms with Crippen LogP contribution in [-0.4, -0.2) is 12.5 Å². The van der Waals surface area contributed by atoms with Crippen LogP contribution in [0.2, 0.25) is 0 Å². The van der Waals surface area contributed by atoms with Crippen molar-refractivity contribution >= 4 is 0 Å². The fourth-order valence-electron chi connectivity index (χ4n) is 6.71. The van der Waals surface area contributed by atoms with Gasteiger partial charge in [-0.25, -0.2) is 13.2 Å². The molecule has 2 aliphatic rings. The van der Waals surface area contributed by atoms with E-state index in [0.29, 0.717) is 30.6 Å². The molecule has 43 heavy (non-hydrogen) atoms. The van der Waals surface area contributed by atoms with Crippen molar-refractivity contribution < 1.29 is 44.6 Å². The maximum Gasteiger partial charge on any atom is 0.573 e. The molecule has 10 heteroatoms. The molecular formula is C33H40F8O2. The number of benzene rings is 2. The zero-order chi connectivity index (χ0) is 31.2. The van der Waals surface area contributed by atoms with Crippen LogP contribution in [-0.2, 0) is 12.8 Å². The molecule has 0 radical (unpaired) electrons. The fraction of sp³-hybridized carbons (Fsp3) is 0.636. The summed E-state index contributed by atoms with van der Waals surface area (Å²) in [6.45, 7) is 2.08. The zero-order valence-corrected chi connectivity index (χ0v) is 24.4. The molecule has 240 valence electrons. The van der Waals surface area contributed by atoms with Crippen LogP contribution < -0.4 is 9.47 Å². The van der Waals surface area contributed by atoms with Crippen LogP contribution in [0.3, 0.4) is 0 Å². The van der Waals surface area contributed by atoms with E-state index in [0.717, 1.165) is 75.3 Å². The van der Waals surface area contributed by atoms with Gasteiger partial charge in [-0.2, -0.15) is 8.78 Å². The van der Waals surface area contributed by atoms with E-state index < -0.39 is 41.5 Å². The third kappa shape index (κ3) is 9.73. The van der Waals surface area contributed by atoms with Gasteiger partial charge in [0, 0.05) is 12.1 Å². The Kier molecular flexibility index (Phi) is 11.3. The molecule has 2 aliphatic carbocycles. The molecule has 2 saturated carbocycles. The molecule has 0 unspecified atom stereocenters. The minimum Gasteiger partial charge on any atom is -0.432 e. The third-order valence-corrected chi connectivity index (χ3v) is 9.19. The van der Waals surface area contributed by atoms with Crippen LogP contribution in [0.25, 0.3) is 0 Å². The van der Waals surface area contributed by atoms with Gasteiger partial charge in [-0.1, -0.05) is 64.0 Å². The molecule has 0 atom stereocenters. The van der Waals surface area contributed by atoms with Crippen LogP contribution >= 0.6 is 0 Å². The van der Waals surface area contributed by atoms with Gasteiger partial charge in [-0.3, -0.25) is 0 Å². The van der Waals surface area contributed by atoms with Gasteiger partial charge >= 0.3 is 12.5 Å². The topological polar surface area (TPSA) is 18.5 Å². The lowest BCUT2D eigenvalue weighted by Crippen LogP contribution is -2.37. The van der Waals surface area contributed by atoms with Crippen LogP contribution in [0.15, 0.2) is 30.3 Å². The Morgan fingerprint density at radius 3 is 1.70 bits per heavy atom. The molecule has 0 spiro atoms. The van der Waals surface area contributed by atoms with Crippen molar-refractivity contribution in [3.05, 3.63) is 58.9 Å². The molecule has 0 saturated heterocycles. The van der Waals surface area contributed by atoms with Gasteiger partial charge in [0.1, 0.15) is 11.6 Å². The Hall–Kier alpha value is -2.52. The van der Waals surface area contributed by atoms with E-state index in [9.17, 15) is 35.1 Å². The van der Waals surface area contributed by atoms with Crippen molar-refractivity contribution in [2.75, 3.05) is 0 Å². The molecular weight excluding hydrogens is 580 g/mol. The first kappa shape index (κ1) is 33.4. The summed E-state index contributed by atoms with van der Waals surface area (Å²) in [6, 6.07) is 6.15. The van der Waals surface area contributed by atoms with Gasteiger partial charge in [0.05, 0.1) is 5.92 Å². The molecule has 0 bridgehead atoms. The van der Waals surface area contributed by atoms with Crippen molar-refractivity contribution in [2.24, 2.45) is 23.7 Å². The van der Waals surface area contributed by atoms with Gasteiger partial charge < -0.3 is 9.47 Å². The molecule has 0 heterocycles. The van der Waals surface area contributed by atoms with Gasteiger partial charge in [0.25, 0.3) is 0 Å². The Bertz CT molecular complexity index is 1160. The van der Waals surface area contributed by atoms with Crippen molar-refractivity contribution in [1.82, 2.24) is 0 Å². The average molecular weight is 621 g/mol. The largest absolute Gasteiger partial charge is 0.573 e. The first-order valence-electron chi connectivity index (χ1n) is 15.4. The summed E-state index contributed by atoms with van der Waals surface area (Å²) in [7, 11) is 0. The van der Waals surface area contributed by atoms with E-state index in [1.54, 1.807) is 6.07 Å². The van der Waals surface area contributed by atoms with Gasteiger partial charge in [0.2, 0.25) is 5.75 Å². The molecule has 4 rings (SSSR count). The summed E-state index contributed by atoms with van der Waals surface area (Å²) >= 11 is 0. The Morgan fingerprint density at radius 2 is 1.19 bits per heavy atom. The molecule has 2 aromatic carbocycles. The maximum absolute atomic E-state index is 14.8. The lowest BCUT2D eigenvalue weighted by Gasteiger charge is -2.34. The van der Waals surface area contributed by atoms with E-state index in [4.69, 9.17) is 0 Å². The first-order chi connectivity index (χ1) is 20.3. The van der Waals surface area contributed by atoms with Gasteiger partial charge in [-0.05, 0) is 79.9 Å². The number of halogens is 8. The molecule has 2 fully saturated rings. The minimum atomic E-state index is -5.34. The van der Waals surface area contributed by atoms with Crippen LogP contribution in [0.5, 0.6) is 11.5 Å². The van der Waals surface area contributed by atoms with Gasteiger partial charge in [-0.15, -0.1) is 13.2 Å². The summed E-state index contributed by atoms with van der Waals surface area (Å²) < 4.78 is 117. The minimum absolute atomic E-state index is 0.102. The van der Waals surface area contributed by atoms with Crippen LogP contribution in [0.4, 0.5) is 35.1 Å². The smallest absolute Gasteiger partial charge is 0.432 e. The predicted molar refractivity (Wildman–Crippen MR) is 147 cm³/mol. The fourth-order valence-corrected chi connectivity index (χ4v) is 6.71.